The van der Waals surface area contributed by atoms with E-state index < -0.39 is 0 Å². The van der Waals surface area contributed by atoms with E-state index in [1.807, 2.05) is 6.07 Å². The normalized spacial score (nSPS) is 11.9. The van der Waals surface area contributed by atoms with Crippen molar-refractivity contribution >= 4 is 0 Å². The summed E-state index contributed by atoms with van der Waals surface area (Å²) < 4.78 is 0. The van der Waals surface area contributed by atoms with Gasteiger partial charge in [-0.2, -0.15) is 0 Å². The zero-order chi connectivity index (χ0) is 19.9. The van der Waals surface area contributed by atoms with Crippen molar-refractivity contribution in [2.75, 3.05) is 0 Å². The molecule has 0 bridgehead atoms. The number of aryl methyl sites for hydroxylation is 2. The zero-order valence-corrected chi connectivity index (χ0v) is 17.4. The Hall–Kier alpha value is -2.93. The minimum atomic E-state index is 0.915. The average Bonchev–Trinajstić information content (AvgIpc) is 2.68. The Morgan fingerprint density at radius 1 is 0.857 bits per heavy atom. The summed E-state index contributed by atoms with van der Waals surface area (Å²) in [7, 11) is 0. The molecule has 0 unspecified atom stereocenters. The van der Waals surface area contributed by atoms with Gasteiger partial charge >= 0.3 is 0 Å². The molecule has 1 heteroatoms. The zero-order valence-electron chi connectivity index (χ0n) is 17.4. The molecule has 0 fully saturated rings. The van der Waals surface area contributed by atoms with Crippen molar-refractivity contribution in [3.8, 4) is 22.5 Å². The van der Waals surface area contributed by atoms with E-state index in [-0.39, 0.29) is 0 Å². The van der Waals surface area contributed by atoms with E-state index >= 15 is 0 Å². The number of hydrogen-bond donors (Lipinski definition) is 0. The van der Waals surface area contributed by atoms with E-state index in [0.717, 1.165) is 29.8 Å². The second kappa shape index (κ2) is 9.32. The smallest absolute Gasteiger partial charge is 0.0712 e. The van der Waals surface area contributed by atoms with E-state index in [1.165, 1.54) is 27.8 Å². The van der Waals surface area contributed by atoms with Gasteiger partial charge in [-0.25, -0.2) is 4.98 Å². The molecular weight excluding hydrogens is 338 g/mol. The van der Waals surface area contributed by atoms with Crippen LogP contribution in [0.5, 0.6) is 0 Å². The van der Waals surface area contributed by atoms with Crippen molar-refractivity contribution in [1.29, 1.82) is 0 Å². The minimum Gasteiger partial charge on any atom is -0.248 e. The molecule has 0 atom stereocenters. The van der Waals surface area contributed by atoms with Gasteiger partial charge in [-0.3, -0.25) is 0 Å². The largest absolute Gasteiger partial charge is 0.248 e. The highest BCUT2D eigenvalue weighted by molar-refractivity contribution is 5.68. The molecule has 0 amide bonds. The van der Waals surface area contributed by atoms with Gasteiger partial charge in [0.2, 0.25) is 0 Å². The van der Waals surface area contributed by atoms with Gasteiger partial charge in [-0.1, -0.05) is 72.7 Å². The molecule has 0 aliphatic rings. The lowest BCUT2D eigenvalue weighted by molar-refractivity contribution is 1.12. The molecule has 0 saturated carbocycles. The number of benzene rings is 2. The number of rotatable bonds is 6. The SMILES string of the molecule is C/C=C\C(=C/CC)Cc1cc(-c2ccccc2)nc(-c2cc(C)cc(C)c2)c1. The molecule has 0 N–H and O–H groups in total. The summed E-state index contributed by atoms with van der Waals surface area (Å²) in [5, 5.41) is 0. The second-order valence-electron chi connectivity index (χ2n) is 7.35. The molecule has 1 heterocycles. The lowest BCUT2D eigenvalue weighted by Crippen LogP contribution is -1.96. The lowest BCUT2D eigenvalue weighted by Gasteiger charge is -2.12. The molecule has 3 rings (SSSR count). The molecule has 28 heavy (non-hydrogen) atoms. The standard InChI is InChI=1S/C27H29N/c1-5-10-22(11-6-2)17-23-18-26(24-12-8-7-9-13-24)28-27(19-23)25-15-20(3)14-21(4)16-25/h5,7-16,18-19H,6,17H2,1-4H3/b10-5-,22-11+. The summed E-state index contributed by atoms with van der Waals surface area (Å²) in [4.78, 5) is 5.02. The first kappa shape index (κ1) is 19.8. The molecule has 142 valence electrons. The van der Waals surface area contributed by atoms with Crippen LogP contribution in [0.1, 0.15) is 37.0 Å². The Bertz CT molecular complexity index is 974. The molecule has 0 aliphatic carbocycles. The molecule has 2 aromatic carbocycles. The maximum absolute atomic E-state index is 5.02. The summed E-state index contributed by atoms with van der Waals surface area (Å²) in [6.45, 7) is 8.55. The van der Waals surface area contributed by atoms with E-state index in [1.54, 1.807) is 0 Å². The van der Waals surface area contributed by atoms with E-state index in [9.17, 15) is 0 Å². The van der Waals surface area contributed by atoms with Gasteiger partial charge in [0.05, 0.1) is 11.4 Å². The molecule has 0 spiro atoms. The van der Waals surface area contributed by atoms with Crippen LogP contribution in [0.15, 0.2) is 84.5 Å². The first-order valence-corrected chi connectivity index (χ1v) is 10.1. The van der Waals surface area contributed by atoms with Crippen LogP contribution in [-0.4, -0.2) is 4.98 Å². The minimum absolute atomic E-state index is 0.915. The maximum Gasteiger partial charge on any atom is 0.0712 e. The highest BCUT2D eigenvalue weighted by Gasteiger charge is 2.09. The third-order valence-electron chi connectivity index (χ3n) is 4.73. The topological polar surface area (TPSA) is 12.9 Å². The number of allylic oxidation sites excluding steroid dienone is 4. The van der Waals surface area contributed by atoms with Crippen LogP contribution in [0.25, 0.3) is 22.5 Å². The summed E-state index contributed by atoms with van der Waals surface area (Å²) in [5.74, 6) is 0. The van der Waals surface area contributed by atoms with Crippen LogP contribution in [-0.2, 0) is 6.42 Å². The number of aromatic nitrogens is 1. The highest BCUT2D eigenvalue weighted by atomic mass is 14.7. The van der Waals surface area contributed by atoms with Crippen molar-refractivity contribution in [3.05, 3.63) is 101 Å². The van der Waals surface area contributed by atoms with Crippen molar-refractivity contribution in [1.82, 2.24) is 4.98 Å². The van der Waals surface area contributed by atoms with Crippen LogP contribution < -0.4 is 0 Å². The predicted octanol–water partition coefficient (Wildman–Crippen LogP) is 7.49. The molecule has 1 aromatic heterocycles. The molecular formula is C27H29N. The van der Waals surface area contributed by atoms with Crippen molar-refractivity contribution in [2.45, 2.75) is 40.5 Å². The monoisotopic (exact) mass is 367 g/mol. The molecule has 1 nitrogen and oxygen atoms in total. The number of pyridine rings is 1. The van der Waals surface area contributed by atoms with E-state index in [4.69, 9.17) is 4.98 Å². The number of hydrogen-bond acceptors (Lipinski definition) is 1. The quantitative estimate of drug-likeness (QED) is 0.411. The van der Waals surface area contributed by atoms with Gasteiger partial charge in [0.1, 0.15) is 0 Å². The van der Waals surface area contributed by atoms with Crippen molar-refractivity contribution < 1.29 is 0 Å². The van der Waals surface area contributed by atoms with Crippen molar-refractivity contribution in [2.24, 2.45) is 0 Å². The lowest BCUT2D eigenvalue weighted by atomic mass is 9.98. The van der Waals surface area contributed by atoms with E-state index in [0.29, 0.717) is 0 Å². The van der Waals surface area contributed by atoms with Crippen LogP contribution in [0.4, 0.5) is 0 Å². The Labute approximate surface area is 169 Å². The Morgan fingerprint density at radius 2 is 1.50 bits per heavy atom. The Balaban J connectivity index is 2.12. The molecule has 0 saturated heterocycles. The Kier molecular flexibility index (Phi) is 6.60. The second-order valence-corrected chi connectivity index (χ2v) is 7.35. The third kappa shape index (κ3) is 5.07. The van der Waals surface area contributed by atoms with Gasteiger partial charge in [-0.15, -0.1) is 0 Å². The van der Waals surface area contributed by atoms with Gasteiger partial charge in [-0.05, 0) is 69.0 Å². The van der Waals surface area contributed by atoms with Crippen LogP contribution in [0.2, 0.25) is 0 Å². The maximum atomic E-state index is 5.02. The molecule has 0 radical (unpaired) electrons. The van der Waals surface area contributed by atoms with Gasteiger partial charge in [0.15, 0.2) is 0 Å². The fraction of sp³-hybridized carbons (Fsp3) is 0.222. The third-order valence-corrected chi connectivity index (χ3v) is 4.73. The Morgan fingerprint density at radius 3 is 2.11 bits per heavy atom. The predicted molar refractivity (Wildman–Crippen MR) is 121 cm³/mol. The van der Waals surface area contributed by atoms with E-state index in [2.05, 4.69) is 101 Å². The highest BCUT2D eigenvalue weighted by Crippen LogP contribution is 2.27. The summed E-state index contributed by atoms with van der Waals surface area (Å²) in [5.41, 5.74) is 9.59. The molecule has 3 aromatic rings. The van der Waals surface area contributed by atoms with Gasteiger partial charge in [0, 0.05) is 11.1 Å². The average molecular weight is 368 g/mol. The fourth-order valence-corrected chi connectivity index (χ4v) is 3.63. The first-order chi connectivity index (χ1) is 13.6. The summed E-state index contributed by atoms with van der Waals surface area (Å²) in [6, 6.07) is 21.6. The fourth-order valence-electron chi connectivity index (χ4n) is 3.63. The van der Waals surface area contributed by atoms with Crippen LogP contribution >= 0.6 is 0 Å². The van der Waals surface area contributed by atoms with Gasteiger partial charge < -0.3 is 0 Å². The first-order valence-electron chi connectivity index (χ1n) is 10.1. The van der Waals surface area contributed by atoms with Crippen molar-refractivity contribution in [3.63, 3.8) is 0 Å². The molecule has 0 aliphatic heterocycles. The summed E-state index contributed by atoms with van der Waals surface area (Å²) in [6.07, 6.45) is 8.59. The number of nitrogens with zero attached hydrogens (tertiary/aromatic N) is 1. The van der Waals surface area contributed by atoms with Gasteiger partial charge in [0.25, 0.3) is 0 Å². The van der Waals surface area contributed by atoms with Crippen LogP contribution in [0.3, 0.4) is 0 Å². The van der Waals surface area contributed by atoms with Crippen LogP contribution in [0, 0.1) is 13.8 Å². The summed E-state index contributed by atoms with van der Waals surface area (Å²) >= 11 is 0.